The number of fused-ring (bicyclic) bond motifs is 1. The van der Waals surface area contributed by atoms with Crippen LogP contribution in [-0.4, -0.2) is 27.3 Å². The van der Waals surface area contributed by atoms with Gasteiger partial charge in [-0.2, -0.15) is 5.10 Å². The molecule has 2 atom stereocenters. The average Bonchev–Trinajstić information content (AvgIpc) is 2.75. The van der Waals surface area contributed by atoms with Crippen LogP contribution in [-0.2, 0) is 9.53 Å². The third kappa shape index (κ3) is 1.97. The van der Waals surface area contributed by atoms with E-state index in [-0.39, 0.29) is 23.6 Å². The summed E-state index contributed by atoms with van der Waals surface area (Å²) in [4.78, 5) is 22.1. The standard InChI is InChI=1S/C13H17N3O4/c1-3-20-13(17)12-9-4-8(5-10(9)12)15-6-11(16(18)19)7(2)14-15/h6,8-10,12H,3-5H2,1-2H3. The van der Waals surface area contributed by atoms with Crippen LogP contribution in [0.2, 0.25) is 0 Å². The minimum atomic E-state index is -0.407. The molecule has 2 saturated carbocycles. The van der Waals surface area contributed by atoms with Crippen molar-refractivity contribution < 1.29 is 14.5 Å². The van der Waals surface area contributed by atoms with Crippen LogP contribution in [0.4, 0.5) is 5.69 Å². The quantitative estimate of drug-likeness (QED) is 0.477. The lowest BCUT2D eigenvalue weighted by Gasteiger charge is -2.13. The molecule has 2 aliphatic rings. The number of nitrogens with zero attached hydrogens (tertiary/aromatic N) is 3. The van der Waals surface area contributed by atoms with Gasteiger partial charge in [0.05, 0.1) is 23.5 Å². The van der Waals surface area contributed by atoms with E-state index in [2.05, 4.69) is 5.10 Å². The molecule has 2 aliphatic carbocycles. The SMILES string of the molecule is CCOC(=O)C1C2CC(n3cc([N+](=O)[O-])c(C)n3)CC21. The molecule has 7 heteroatoms. The van der Waals surface area contributed by atoms with Crippen LogP contribution in [0.1, 0.15) is 31.5 Å². The third-order valence-corrected chi connectivity index (χ3v) is 4.44. The Morgan fingerprint density at radius 1 is 1.55 bits per heavy atom. The van der Waals surface area contributed by atoms with Gasteiger partial charge in [0.2, 0.25) is 0 Å². The highest BCUT2D eigenvalue weighted by molar-refractivity contribution is 5.76. The van der Waals surface area contributed by atoms with Crippen molar-refractivity contribution in [2.75, 3.05) is 6.61 Å². The van der Waals surface area contributed by atoms with Crippen LogP contribution in [0.5, 0.6) is 0 Å². The highest BCUT2D eigenvalue weighted by atomic mass is 16.6. The minimum Gasteiger partial charge on any atom is -0.466 e. The molecule has 108 valence electrons. The Bertz CT molecular complexity index is 556. The molecule has 2 unspecified atom stereocenters. The van der Waals surface area contributed by atoms with Gasteiger partial charge in [0, 0.05) is 0 Å². The fourth-order valence-electron chi connectivity index (χ4n) is 3.45. The Balaban J connectivity index is 1.65. The fourth-order valence-corrected chi connectivity index (χ4v) is 3.45. The molecule has 0 spiro atoms. The molecule has 1 aromatic heterocycles. The number of aromatic nitrogens is 2. The second-order valence-corrected chi connectivity index (χ2v) is 5.57. The van der Waals surface area contributed by atoms with E-state index >= 15 is 0 Å². The lowest BCUT2D eigenvalue weighted by atomic mass is 10.1. The molecule has 1 aromatic rings. The number of aryl methyl sites for hydroxylation is 1. The van der Waals surface area contributed by atoms with Crippen LogP contribution in [0.15, 0.2) is 6.20 Å². The number of carbonyl (C=O) groups is 1. The Morgan fingerprint density at radius 2 is 2.20 bits per heavy atom. The molecule has 0 amide bonds. The monoisotopic (exact) mass is 279 g/mol. The summed E-state index contributed by atoms with van der Waals surface area (Å²) in [7, 11) is 0. The first kappa shape index (κ1) is 13.1. The summed E-state index contributed by atoms with van der Waals surface area (Å²) in [5, 5.41) is 15.1. The van der Waals surface area contributed by atoms with Gasteiger partial charge >= 0.3 is 11.7 Å². The summed E-state index contributed by atoms with van der Waals surface area (Å²) in [6.07, 6.45) is 3.21. The van der Waals surface area contributed by atoms with Crippen molar-refractivity contribution in [2.45, 2.75) is 32.7 Å². The van der Waals surface area contributed by atoms with Gasteiger partial charge in [-0.05, 0) is 38.5 Å². The van der Waals surface area contributed by atoms with Crippen molar-refractivity contribution in [3.05, 3.63) is 22.0 Å². The summed E-state index contributed by atoms with van der Waals surface area (Å²) >= 11 is 0. The Hall–Kier alpha value is -1.92. The van der Waals surface area contributed by atoms with E-state index in [1.54, 1.807) is 11.6 Å². The van der Waals surface area contributed by atoms with E-state index < -0.39 is 4.92 Å². The lowest BCUT2D eigenvalue weighted by Crippen LogP contribution is -2.15. The fraction of sp³-hybridized carbons (Fsp3) is 0.692. The second kappa shape index (κ2) is 4.57. The minimum absolute atomic E-state index is 0.0397. The molecule has 0 radical (unpaired) electrons. The van der Waals surface area contributed by atoms with Gasteiger partial charge in [0.15, 0.2) is 0 Å². The highest BCUT2D eigenvalue weighted by Crippen LogP contribution is 2.61. The first-order valence-corrected chi connectivity index (χ1v) is 6.89. The predicted octanol–water partition coefficient (Wildman–Crippen LogP) is 1.86. The largest absolute Gasteiger partial charge is 0.466 e. The van der Waals surface area contributed by atoms with Gasteiger partial charge in [0.1, 0.15) is 11.9 Å². The molecule has 0 aromatic carbocycles. The maximum absolute atomic E-state index is 11.7. The normalized spacial score (nSPS) is 30.9. The maximum atomic E-state index is 11.7. The molecular formula is C13H17N3O4. The molecule has 3 rings (SSSR count). The topological polar surface area (TPSA) is 87.3 Å². The molecule has 0 N–H and O–H groups in total. The summed E-state index contributed by atoms with van der Waals surface area (Å²) in [5.41, 5.74) is 0.505. The van der Waals surface area contributed by atoms with E-state index in [9.17, 15) is 14.9 Å². The zero-order chi connectivity index (χ0) is 14.4. The van der Waals surface area contributed by atoms with Crippen LogP contribution in [0.25, 0.3) is 0 Å². The smallest absolute Gasteiger partial charge is 0.309 e. The molecule has 7 nitrogen and oxygen atoms in total. The van der Waals surface area contributed by atoms with E-state index in [1.807, 2.05) is 6.92 Å². The van der Waals surface area contributed by atoms with Gasteiger partial charge in [-0.15, -0.1) is 0 Å². The number of hydrogen-bond donors (Lipinski definition) is 0. The molecule has 20 heavy (non-hydrogen) atoms. The zero-order valence-electron chi connectivity index (χ0n) is 11.5. The summed E-state index contributed by atoms with van der Waals surface area (Å²) in [6, 6.07) is 0.170. The Labute approximate surface area is 116 Å². The van der Waals surface area contributed by atoms with Crippen LogP contribution in [0, 0.1) is 34.8 Å². The molecule has 0 aliphatic heterocycles. The van der Waals surface area contributed by atoms with E-state index in [1.165, 1.54) is 6.20 Å². The van der Waals surface area contributed by atoms with E-state index in [0.29, 0.717) is 24.1 Å². The van der Waals surface area contributed by atoms with Gasteiger partial charge < -0.3 is 4.74 Å². The molecule has 2 fully saturated rings. The summed E-state index contributed by atoms with van der Waals surface area (Å²) < 4.78 is 6.74. The number of nitro groups is 1. The summed E-state index contributed by atoms with van der Waals surface area (Å²) in [5.74, 6) is 0.673. The summed E-state index contributed by atoms with van der Waals surface area (Å²) in [6.45, 7) is 3.87. The molecule has 0 saturated heterocycles. The van der Waals surface area contributed by atoms with Gasteiger partial charge in [-0.25, -0.2) is 0 Å². The van der Waals surface area contributed by atoms with Crippen molar-refractivity contribution in [3.63, 3.8) is 0 Å². The lowest BCUT2D eigenvalue weighted by molar-refractivity contribution is -0.385. The Kier molecular flexibility index (Phi) is 2.99. The average molecular weight is 279 g/mol. The van der Waals surface area contributed by atoms with Gasteiger partial charge in [0.25, 0.3) is 0 Å². The third-order valence-electron chi connectivity index (χ3n) is 4.44. The first-order valence-electron chi connectivity index (χ1n) is 6.89. The van der Waals surface area contributed by atoms with Crippen molar-refractivity contribution in [1.82, 2.24) is 9.78 Å². The number of esters is 1. The number of carbonyl (C=O) groups excluding carboxylic acids is 1. The molecule has 0 bridgehead atoms. The number of hydrogen-bond acceptors (Lipinski definition) is 5. The van der Waals surface area contributed by atoms with Crippen molar-refractivity contribution >= 4 is 11.7 Å². The molecular weight excluding hydrogens is 262 g/mol. The highest BCUT2D eigenvalue weighted by Gasteiger charge is 2.60. The number of ether oxygens (including phenoxy) is 1. The van der Waals surface area contributed by atoms with Crippen LogP contribution in [0.3, 0.4) is 0 Å². The van der Waals surface area contributed by atoms with Crippen molar-refractivity contribution in [2.24, 2.45) is 17.8 Å². The second-order valence-electron chi connectivity index (χ2n) is 5.57. The van der Waals surface area contributed by atoms with Crippen LogP contribution >= 0.6 is 0 Å². The van der Waals surface area contributed by atoms with E-state index in [0.717, 1.165) is 12.8 Å². The van der Waals surface area contributed by atoms with Crippen molar-refractivity contribution in [3.8, 4) is 0 Å². The van der Waals surface area contributed by atoms with Gasteiger partial charge in [-0.3, -0.25) is 19.6 Å². The molecule has 1 heterocycles. The first-order chi connectivity index (χ1) is 9.52. The van der Waals surface area contributed by atoms with Crippen molar-refractivity contribution in [1.29, 1.82) is 0 Å². The number of rotatable bonds is 4. The van der Waals surface area contributed by atoms with Gasteiger partial charge in [-0.1, -0.05) is 0 Å². The Morgan fingerprint density at radius 3 is 2.70 bits per heavy atom. The predicted molar refractivity (Wildman–Crippen MR) is 69.0 cm³/mol. The zero-order valence-corrected chi connectivity index (χ0v) is 11.5. The van der Waals surface area contributed by atoms with E-state index in [4.69, 9.17) is 4.74 Å². The van der Waals surface area contributed by atoms with Crippen LogP contribution < -0.4 is 0 Å². The maximum Gasteiger partial charge on any atom is 0.309 e.